The molecule has 5 nitrogen and oxygen atoms in total. The van der Waals surface area contributed by atoms with Gasteiger partial charge in [0, 0.05) is 25.5 Å². The number of hydrogen-bond donors (Lipinski definition) is 2. The van der Waals surface area contributed by atoms with Crippen molar-refractivity contribution in [1.29, 1.82) is 0 Å². The van der Waals surface area contributed by atoms with Gasteiger partial charge in [-0.1, -0.05) is 0 Å². The molecule has 0 aliphatic carbocycles. The zero-order chi connectivity index (χ0) is 9.52. The largest absolute Gasteiger partial charge is 0.396 e. The highest BCUT2D eigenvalue weighted by Gasteiger charge is 2.00. The van der Waals surface area contributed by atoms with Crippen molar-refractivity contribution >= 4 is 5.91 Å². The second kappa shape index (κ2) is 5.31. The molecule has 0 aliphatic rings. The van der Waals surface area contributed by atoms with Gasteiger partial charge in [0.1, 0.15) is 6.54 Å². The summed E-state index contributed by atoms with van der Waals surface area (Å²) in [6.07, 6.45) is 3.94. The molecule has 0 fully saturated rings. The first-order chi connectivity index (χ1) is 6.33. The van der Waals surface area contributed by atoms with Gasteiger partial charge in [-0.05, 0) is 12.5 Å². The van der Waals surface area contributed by atoms with Gasteiger partial charge in [-0.15, -0.1) is 0 Å². The lowest BCUT2D eigenvalue weighted by Gasteiger charge is -2.03. The summed E-state index contributed by atoms with van der Waals surface area (Å²) in [7, 11) is 0. The SMILES string of the molecule is O=C(Cn1cccn1)NCCCO. The fraction of sp³-hybridized carbons (Fsp3) is 0.500. The van der Waals surface area contributed by atoms with E-state index in [1.54, 1.807) is 23.1 Å². The van der Waals surface area contributed by atoms with E-state index < -0.39 is 0 Å². The topological polar surface area (TPSA) is 67.2 Å². The second-order valence-electron chi connectivity index (χ2n) is 2.63. The third-order valence-corrected chi connectivity index (χ3v) is 1.52. The summed E-state index contributed by atoms with van der Waals surface area (Å²) in [4.78, 5) is 11.1. The molecule has 1 amide bonds. The molecule has 0 saturated heterocycles. The number of rotatable bonds is 5. The van der Waals surface area contributed by atoms with Gasteiger partial charge >= 0.3 is 0 Å². The van der Waals surface area contributed by atoms with Crippen LogP contribution in [0.3, 0.4) is 0 Å². The first-order valence-electron chi connectivity index (χ1n) is 4.18. The predicted octanol–water partition coefficient (Wildman–Crippen LogP) is -0.618. The molecule has 0 atom stereocenters. The van der Waals surface area contributed by atoms with Crippen molar-refractivity contribution in [3.8, 4) is 0 Å². The molecule has 1 rings (SSSR count). The zero-order valence-corrected chi connectivity index (χ0v) is 7.31. The van der Waals surface area contributed by atoms with Crippen molar-refractivity contribution < 1.29 is 9.90 Å². The molecule has 1 aromatic rings. The van der Waals surface area contributed by atoms with E-state index in [2.05, 4.69) is 10.4 Å². The van der Waals surface area contributed by atoms with Crippen LogP contribution >= 0.6 is 0 Å². The molecule has 0 bridgehead atoms. The molecule has 0 radical (unpaired) electrons. The van der Waals surface area contributed by atoms with Crippen molar-refractivity contribution in [2.75, 3.05) is 13.2 Å². The third kappa shape index (κ3) is 3.71. The van der Waals surface area contributed by atoms with Crippen LogP contribution in [-0.4, -0.2) is 33.9 Å². The number of aromatic nitrogens is 2. The standard InChI is InChI=1S/C8H13N3O2/c12-6-2-3-9-8(13)7-11-5-1-4-10-11/h1,4-5,12H,2-3,6-7H2,(H,9,13). The quantitative estimate of drug-likeness (QED) is 0.598. The minimum atomic E-state index is -0.0860. The molecule has 1 heterocycles. The van der Waals surface area contributed by atoms with Crippen LogP contribution in [-0.2, 0) is 11.3 Å². The molecule has 0 saturated carbocycles. The van der Waals surface area contributed by atoms with E-state index in [0.29, 0.717) is 13.0 Å². The fourth-order valence-electron chi connectivity index (χ4n) is 0.904. The molecule has 5 heteroatoms. The highest BCUT2D eigenvalue weighted by molar-refractivity contribution is 5.75. The lowest BCUT2D eigenvalue weighted by atomic mass is 10.4. The molecular weight excluding hydrogens is 170 g/mol. The van der Waals surface area contributed by atoms with E-state index in [-0.39, 0.29) is 19.1 Å². The molecule has 2 N–H and O–H groups in total. The summed E-state index contributed by atoms with van der Waals surface area (Å²) >= 11 is 0. The van der Waals surface area contributed by atoms with Crippen LogP contribution in [0.1, 0.15) is 6.42 Å². The lowest BCUT2D eigenvalue weighted by molar-refractivity contribution is -0.121. The first-order valence-corrected chi connectivity index (χ1v) is 4.18. The second-order valence-corrected chi connectivity index (χ2v) is 2.63. The van der Waals surface area contributed by atoms with E-state index in [4.69, 9.17) is 5.11 Å². The van der Waals surface area contributed by atoms with Crippen LogP contribution in [0.15, 0.2) is 18.5 Å². The Bertz CT molecular complexity index is 246. The van der Waals surface area contributed by atoms with E-state index in [1.807, 2.05) is 0 Å². The summed E-state index contributed by atoms with van der Waals surface area (Å²) in [5.41, 5.74) is 0. The third-order valence-electron chi connectivity index (χ3n) is 1.52. The Balaban J connectivity index is 2.18. The molecule has 0 spiro atoms. The summed E-state index contributed by atoms with van der Waals surface area (Å²) in [6, 6.07) is 1.76. The van der Waals surface area contributed by atoms with Crippen LogP contribution in [0.5, 0.6) is 0 Å². The fourth-order valence-corrected chi connectivity index (χ4v) is 0.904. The van der Waals surface area contributed by atoms with Gasteiger partial charge in [-0.25, -0.2) is 0 Å². The summed E-state index contributed by atoms with van der Waals surface area (Å²) in [5, 5.41) is 15.0. The lowest BCUT2D eigenvalue weighted by Crippen LogP contribution is -2.28. The van der Waals surface area contributed by atoms with Gasteiger partial charge in [0.2, 0.25) is 5.91 Å². The molecule has 13 heavy (non-hydrogen) atoms. The Hall–Kier alpha value is -1.36. The van der Waals surface area contributed by atoms with Crippen molar-refractivity contribution in [3.63, 3.8) is 0 Å². The zero-order valence-electron chi connectivity index (χ0n) is 7.31. The number of amides is 1. The molecule has 0 aromatic carbocycles. The maximum atomic E-state index is 11.1. The van der Waals surface area contributed by atoms with Crippen molar-refractivity contribution in [3.05, 3.63) is 18.5 Å². The average molecular weight is 183 g/mol. The van der Waals surface area contributed by atoms with Crippen LogP contribution in [0.25, 0.3) is 0 Å². The number of nitrogens with zero attached hydrogens (tertiary/aromatic N) is 2. The van der Waals surface area contributed by atoms with Gasteiger partial charge in [-0.2, -0.15) is 5.10 Å². The minimum absolute atomic E-state index is 0.0860. The number of aliphatic hydroxyl groups excluding tert-OH is 1. The van der Waals surface area contributed by atoms with Crippen molar-refractivity contribution in [2.24, 2.45) is 0 Å². The maximum Gasteiger partial charge on any atom is 0.241 e. The van der Waals surface area contributed by atoms with Crippen LogP contribution in [0.2, 0.25) is 0 Å². The molecule has 1 aromatic heterocycles. The smallest absolute Gasteiger partial charge is 0.241 e. The summed E-state index contributed by atoms with van der Waals surface area (Å²) < 4.78 is 1.55. The highest BCUT2D eigenvalue weighted by atomic mass is 16.3. The van der Waals surface area contributed by atoms with E-state index in [0.717, 1.165) is 0 Å². The summed E-state index contributed by atoms with van der Waals surface area (Å²) in [6.45, 7) is 0.844. The van der Waals surface area contributed by atoms with Crippen LogP contribution in [0, 0.1) is 0 Å². The van der Waals surface area contributed by atoms with Crippen molar-refractivity contribution in [1.82, 2.24) is 15.1 Å². The Labute approximate surface area is 76.4 Å². The van der Waals surface area contributed by atoms with Gasteiger partial charge in [0.05, 0.1) is 0 Å². The van der Waals surface area contributed by atoms with Gasteiger partial charge in [0.25, 0.3) is 0 Å². The number of carbonyl (C=O) groups is 1. The minimum Gasteiger partial charge on any atom is -0.396 e. The molecule has 0 aliphatic heterocycles. The normalized spacial score (nSPS) is 9.92. The van der Waals surface area contributed by atoms with Gasteiger partial charge in [0.15, 0.2) is 0 Å². The number of nitrogens with one attached hydrogen (secondary N) is 1. The Kier molecular flexibility index (Phi) is 3.98. The van der Waals surface area contributed by atoms with E-state index >= 15 is 0 Å². The number of carbonyl (C=O) groups excluding carboxylic acids is 1. The first kappa shape index (κ1) is 9.73. The maximum absolute atomic E-state index is 11.1. The van der Waals surface area contributed by atoms with Gasteiger partial charge in [-0.3, -0.25) is 9.48 Å². The van der Waals surface area contributed by atoms with E-state index in [1.165, 1.54) is 0 Å². The Morgan fingerprint density at radius 1 is 1.62 bits per heavy atom. The Morgan fingerprint density at radius 2 is 2.46 bits per heavy atom. The van der Waals surface area contributed by atoms with Crippen molar-refractivity contribution in [2.45, 2.75) is 13.0 Å². The number of hydrogen-bond acceptors (Lipinski definition) is 3. The van der Waals surface area contributed by atoms with Crippen LogP contribution < -0.4 is 5.32 Å². The Morgan fingerprint density at radius 3 is 3.08 bits per heavy atom. The van der Waals surface area contributed by atoms with Gasteiger partial charge < -0.3 is 10.4 Å². The predicted molar refractivity (Wildman–Crippen MR) is 46.9 cm³/mol. The average Bonchev–Trinajstić information content (AvgIpc) is 2.57. The molecular formula is C8H13N3O2. The van der Waals surface area contributed by atoms with E-state index in [9.17, 15) is 4.79 Å². The van der Waals surface area contributed by atoms with Crippen LogP contribution in [0.4, 0.5) is 0 Å². The molecule has 0 unspecified atom stereocenters. The number of aliphatic hydroxyl groups is 1. The molecule has 72 valence electrons. The summed E-state index contributed by atoms with van der Waals surface area (Å²) in [5.74, 6) is -0.0860. The highest BCUT2D eigenvalue weighted by Crippen LogP contribution is 1.84. The monoisotopic (exact) mass is 183 g/mol.